The number of benzene rings is 4. The van der Waals surface area contributed by atoms with Gasteiger partial charge in [0.2, 0.25) is 5.91 Å². The van der Waals surface area contributed by atoms with E-state index in [-0.39, 0.29) is 17.5 Å². The van der Waals surface area contributed by atoms with Crippen molar-refractivity contribution in [1.29, 1.82) is 0 Å². The van der Waals surface area contributed by atoms with E-state index >= 15 is 4.79 Å². The first-order chi connectivity index (χ1) is 21.4. The van der Waals surface area contributed by atoms with Crippen LogP contribution < -0.4 is 15.0 Å². The predicted molar refractivity (Wildman–Crippen MR) is 172 cm³/mol. The maximum absolute atomic E-state index is 15.0. The predicted octanol–water partition coefficient (Wildman–Crippen LogP) is 6.89. The second-order valence-electron chi connectivity index (χ2n) is 11.9. The van der Waals surface area contributed by atoms with E-state index in [1.165, 1.54) is 0 Å². The summed E-state index contributed by atoms with van der Waals surface area (Å²) in [5.74, 6) is -1.18. The van der Waals surface area contributed by atoms with Crippen LogP contribution in [0.2, 0.25) is 0 Å². The van der Waals surface area contributed by atoms with Crippen LogP contribution >= 0.6 is 0 Å². The van der Waals surface area contributed by atoms with E-state index in [2.05, 4.69) is 18.3 Å². The quantitative estimate of drug-likeness (QED) is 0.240. The topological polar surface area (TPSA) is 75.7 Å². The third-order valence-electron chi connectivity index (χ3n) is 9.57. The number of rotatable bonds is 7. The summed E-state index contributed by atoms with van der Waals surface area (Å²) < 4.78 is 5.47. The number of aryl methyl sites for hydroxylation is 1. The number of nitrogens with zero attached hydrogens (tertiary/aromatic N) is 1. The van der Waals surface area contributed by atoms with E-state index in [9.17, 15) is 9.59 Å². The molecule has 1 saturated heterocycles. The number of amides is 1. The number of carbonyl (C=O) groups excluding carboxylic acids is 3. The van der Waals surface area contributed by atoms with Gasteiger partial charge in [-0.1, -0.05) is 92.2 Å². The molecule has 3 aliphatic heterocycles. The van der Waals surface area contributed by atoms with Gasteiger partial charge in [-0.2, -0.15) is 0 Å². The highest BCUT2D eigenvalue weighted by molar-refractivity contribution is 6.18. The molecule has 6 heteroatoms. The van der Waals surface area contributed by atoms with Crippen molar-refractivity contribution in [2.45, 2.75) is 44.2 Å². The lowest BCUT2D eigenvalue weighted by molar-refractivity contribution is -0.121. The first-order valence-corrected chi connectivity index (χ1v) is 15.2. The number of nitrogens with one attached hydrogen (secondary N) is 1. The Kier molecular flexibility index (Phi) is 6.73. The molecule has 3 aliphatic rings. The van der Waals surface area contributed by atoms with Crippen molar-refractivity contribution in [3.63, 3.8) is 0 Å². The summed E-state index contributed by atoms with van der Waals surface area (Å²) in [4.78, 5) is 46.5. The SMILES string of the molecule is CCCc1ccc(C(=O)[C@@H]2[C@@H](C(=O)c3cccc(OC)c3)N3c4ccccc4C(C)=C[C@@H]3[C@@]23C(=O)Nc2ccccc23)cc1. The number of hydrogen-bond donors (Lipinski definition) is 1. The lowest BCUT2D eigenvalue weighted by Crippen LogP contribution is -2.51. The summed E-state index contributed by atoms with van der Waals surface area (Å²) in [7, 11) is 1.56. The summed E-state index contributed by atoms with van der Waals surface area (Å²) in [5.41, 5.74) is 4.95. The molecular weight excluding hydrogens is 548 g/mol. The van der Waals surface area contributed by atoms with Gasteiger partial charge in [0.15, 0.2) is 11.6 Å². The number of methoxy groups -OCH3 is 1. The van der Waals surface area contributed by atoms with Crippen molar-refractivity contribution in [2.75, 3.05) is 17.3 Å². The molecular formula is C38H34N2O4. The highest BCUT2D eigenvalue weighted by atomic mass is 16.5. The fourth-order valence-electron chi connectivity index (χ4n) is 7.64. The number of ketones is 2. The third-order valence-corrected chi connectivity index (χ3v) is 9.57. The second-order valence-corrected chi connectivity index (χ2v) is 11.9. The van der Waals surface area contributed by atoms with Gasteiger partial charge in [0.1, 0.15) is 17.2 Å². The van der Waals surface area contributed by atoms with Crippen molar-refractivity contribution >= 4 is 34.4 Å². The first-order valence-electron chi connectivity index (χ1n) is 15.2. The molecule has 1 spiro atoms. The molecule has 0 aliphatic carbocycles. The molecule has 4 atom stereocenters. The highest BCUT2D eigenvalue weighted by Crippen LogP contribution is 2.58. The van der Waals surface area contributed by atoms with Gasteiger partial charge in [0.05, 0.1) is 19.1 Å². The van der Waals surface area contributed by atoms with Crippen LogP contribution in [-0.2, 0) is 16.6 Å². The van der Waals surface area contributed by atoms with Crippen LogP contribution in [-0.4, -0.2) is 36.7 Å². The number of allylic oxidation sites excluding steroid dienone is 1. The summed E-state index contributed by atoms with van der Waals surface area (Å²) >= 11 is 0. The van der Waals surface area contributed by atoms with Gasteiger partial charge in [-0.05, 0) is 54.3 Å². The van der Waals surface area contributed by atoms with Crippen LogP contribution in [0.15, 0.2) is 103 Å². The standard InChI is InChI=1S/C38H34N2O4/c1-4-10-24-17-19-25(20-18-24)35(41)33-34(36(42)26-11-9-12-27(22-26)44-3)40-31-16-8-5-13-28(31)23(2)21-32(40)38(33)29-14-6-7-15-30(29)39-37(38)43/h5-9,11-22,32-34H,4,10H2,1-3H3,(H,39,43)/t32-,33+,34+,38-/m1/s1. The molecule has 0 radical (unpaired) electrons. The number of Topliss-reactive ketones (excluding diaryl/α,β-unsaturated/α-hetero) is 2. The van der Waals surface area contributed by atoms with Crippen molar-refractivity contribution in [1.82, 2.24) is 0 Å². The maximum Gasteiger partial charge on any atom is 0.238 e. The van der Waals surface area contributed by atoms with Crippen molar-refractivity contribution < 1.29 is 19.1 Å². The Balaban J connectivity index is 1.51. The molecule has 3 heterocycles. The molecule has 1 N–H and O–H groups in total. The zero-order valence-corrected chi connectivity index (χ0v) is 25.0. The van der Waals surface area contributed by atoms with E-state index < -0.39 is 23.4 Å². The third kappa shape index (κ3) is 3.97. The molecule has 7 rings (SSSR count). The molecule has 0 saturated carbocycles. The lowest BCUT2D eigenvalue weighted by atomic mass is 9.64. The molecule has 0 bridgehead atoms. The van der Waals surface area contributed by atoms with Crippen LogP contribution in [0.25, 0.3) is 5.57 Å². The number of ether oxygens (including phenoxy) is 1. The van der Waals surface area contributed by atoms with E-state index in [4.69, 9.17) is 4.74 Å². The average molecular weight is 583 g/mol. The van der Waals surface area contributed by atoms with Gasteiger partial charge in [-0.25, -0.2) is 0 Å². The molecule has 4 aromatic carbocycles. The molecule has 1 amide bonds. The van der Waals surface area contributed by atoms with Crippen LogP contribution in [0.1, 0.15) is 57.7 Å². The van der Waals surface area contributed by atoms with Gasteiger partial charge in [-0.3, -0.25) is 14.4 Å². The molecule has 1 fully saturated rings. The zero-order chi connectivity index (χ0) is 30.6. The number of fused-ring (bicyclic) bond motifs is 6. The van der Waals surface area contributed by atoms with Gasteiger partial charge < -0.3 is 15.0 Å². The zero-order valence-electron chi connectivity index (χ0n) is 25.0. The minimum atomic E-state index is -1.34. The molecule has 4 aromatic rings. The Labute approximate surface area is 257 Å². The highest BCUT2D eigenvalue weighted by Gasteiger charge is 2.70. The smallest absolute Gasteiger partial charge is 0.238 e. The summed E-state index contributed by atoms with van der Waals surface area (Å²) in [6.45, 7) is 4.15. The fraction of sp³-hybridized carbons (Fsp3) is 0.237. The Hall–Kier alpha value is -4.97. The minimum Gasteiger partial charge on any atom is -0.497 e. The summed E-state index contributed by atoms with van der Waals surface area (Å²) in [5, 5.41) is 3.10. The monoisotopic (exact) mass is 582 g/mol. The largest absolute Gasteiger partial charge is 0.497 e. The van der Waals surface area contributed by atoms with Crippen LogP contribution in [0.3, 0.4) is 0 Å². The van der Waals surface area contributed by atoms with Crippen LogP contribution in [0.4, 0.5) is 11.4 Å². The van der Waals surface area contributed by atoms with Crippen LogP contribution in [0.5, 0.6) is 5.75 Å². The Morgan fingerprint density at radius 1 is 0.886 bits per heavy atom. The number of anilines is 2. The normalized spacial score (nSPS) is 23.0. The van der Waals surface area contributed by atoms with Gasteiger partial charge in [0.25, 0.3) is 0 Å². The Morgan fingerprint density at radius 2 is 1.64 bits per heavy atom. The van der Waals surface area contributed by atoms with Gasteiger partial charge in [-0.15, -0.1) is 0 Å². The molecule has 0 aromatic heterocycles. The molecule has 220 valence electrons. The first kappa shape index (κ1) is 27.8. The Bertz CT molecular complexity index is 1840. The molecule has 6 nitrogen and oxygen atoms in total. The van der Waals surface area contributed by atoms with E-state index in [1.807, 2.05) is 84.6 Å². The van der Waals surface area contributed by atoms with E-state index in [0.29, 0.717) is 22.6 Å². The number of carbonyl (C=O) groups is 3. The van der Waals surface area contributed by atoms with Crippen molar-refractivity contribution in [3.8, 4) is 5.75 Å². The van der Waals surface area contributed by atoms with E-state index in [1.54, 1.807) is 31.4 Å². The summed E-state index contributed by atoms with van der Waals surface area (Å²) in [6, 6.07) is 28.7. The van der Waals surface area contributed by atoms with Crippen LogP contribution in [0, 0.1) is 5.92 Å². The number of hydrogen-bond acceptors (Lipinski definition) is 5. The molecule has 44 heavy (non-hydrogen) atoms. The maximum atomic E-state index is 15.0. The van der Waals surface area contributed by atoms with Crippen molar-refractivity contribution in [2.24, 2.45) is 5.92 Å². The fourth-order valence-corrected chi connectivity index (χ4v) is 7.64. The number of para-hydroxylation sites is 2. The van der Waals surface area contributed by atoms with E-state index in [0.717, 1.165) is 40.8 Å². The minimum absolute atomic E-state index is 0.223. The summed E-state index contributed by atoms with van der Waals surface area (Å²) in [6.07, 6.45) is 3.98. The average Bonchev–Trinajstić information content (AvgIpc) is 3.53. The second kappa shape index (κ2) is 10.6. The lowest BCUT2D eigenvalue weighted by Gasteiger charge is -2.39. The van der Waals surface area contributed by atoms with Gasteiger partial charge in [0, 0.05) is 28.1 Å². The van der Waals surface area contributed by atoms with Crippen molar-refractivity contribution in [3.05, 3.63) is 131 Å². The Morgan fingerprint density at radius 3 is 2.41 bits per heavy atom. The van der Waals surface area contributed by atoms with Gasteiger partial charge >= 0.3 is 0 Å². The molecule has 0 unspecified atom stereocenters.